The summed E-state index contributed by atoms with van der Waals surface area (Å²) >= 11 is 0. The van der Waals surface area contributed by atoms with E-state index in [0.29, 0.717) is 27.6 Å². The van der Waals surface area contributed by atoms with E-state index < -0.39 is 10.1 Å². The Morgan fingerprint density at radius 1 is 0.833 bits per heavy atom. The highest BCUT2D eigenvalue weighted by molar-refractivity contribution is 7.86. The Labute approximate surface area is 257 Å². The Kier molecular flexibility index (Phi) is 7.12. The molecule has 1 unspecified atom stereocenters. The highest BCUT2D eigenvalue weighted by Gasteiger charge is 2.67. The Hall–Kier alpha value is -1.13. The molecule has 0 radical (unpaired) electrons. The second-order valence-corrected chi connectivity index (χ2v) is 19.4. The number of hydrogen-bond donors (Lipinski definition) is 0. The molecule has 6 rings (SSSR count). The lowest BCUT2D eigenvalue weighted by Gasteiger charge is -2.71. The van der Waals surface area contributed by atoms with E-state index in [0.717, 1.165) is 42.6 Å². The molecule has 4 heteroatoms. The molecule has 3 nitrogen and oxygen atoms in total. The molecular weight excluding hydrogens is 536 g/mol. The summed E-state index contributed by atoms with van der Waals surface area (Å²) in [5.41, 5.74) is 4.29. The monoisotopic (exact) mass is 594 g/mol. The van der Waals surface area contributed by atoms with Gasteiger partial charge in [-0.2, -0.15) is 8.42 Å². The molecule has 0 saturated heterocycles. The van der Waals surface area contributed by atoms with E-state index in [2.05, 4.69) is 61.5 Å². The van der Waals surface area contributed by atoms with Gasteiger partial charge in [-0.3, -0.25) is 4.18 Å². The fraction of sp³-hybridized carbons (Fsp3) is 0.789. The van der Waals surface area contributed by atoms with Crippen LogP contribution in [0.15, 0.2) is 40.8 Å². The first kappa shape index (κ1) is 30.9. The van der Waals surface area contributed by atoms with Gasteiger partial charge in [-0.25, -0.2) is 0 Å². The average molecular weight is 595 g/mol. The first-order valence-electron chi connectivity index (χ1n) is 17.1. The molecule has 0 aliphatic heterocycles. The number of benzene rings is 1. The molecule has 0 amide bonds. The minimum absolute atomic E-state index is 0.147. The van der Waals surface area contributed by atoms with Crippen LogP contribution in [0.3, 0.4) is 0 Å². The van der Waals surface area contributed by atoms with E-state index in [-0.39, 0.29) is 22.3 Å². The lowest BCUT2D eigenvalue weighted by Crippen LogP contribution is -2.63. The number of fused-ring (bicyclic) bond motifs is 7. The minimum atomic E-state index is -3.77. The lowest BCUT2D eigenvalue weighted by atomic mass is 9.33. The van der Waals surface area contributed by atoms with Crippen molar-refractivity contribution in [2.75, 3.05) is 6.61 Å². The largest absolute Gasteiger partial charge is 0.296 e. The van der Waals surface area contributed by atoms with Gasteiger partial charge in [0.05, 0.1) is 11.5 Å². The van der Waals surface area contributed by atoms with Crippen molar-refractivity contribution in [3.63, 3.8) is 0 Å². The number of rotatable bonds is 4. The molecule has 42 heavy (non-hydrogen) atoms. The Balaban J connectivity index is 1.29. The molecule has 4 saturated carbocycles. The topological polar surface area (TPSA) is 43.4 Å². The summed E-state index contributed by atoms with van der Waals surface area (Å²) in [4.78, 5) is 0.265. The SMILES string of the molecule is Cc1ccc(S(=O)(=O)OC[C@@]2(C)CC[C@]3(C)CC[C@]4(C)C(=CCC5[C@@]6(C)CC[C@H](C)C(C)(C)[C@@H]6CC[C@]54C)[C@@H]3C2)cc1. The molecular formula is C38H58O3S. The van der Waals surface area contributed by atoms with E-state index in [1.807, 2.05) is 19.1 Å². The van der Waals surface area contributed by atoms with E-state index in [9.17, 15) is 8.42 Å². The van der Waals surface area contributed by atoms with Crippen LogP contribution in [0.4, 0.5) is 0 Å². The second kappa shape index (κ2) is 9.68. The van der Waals surface area contributed by atoms with Gasteiger partial charge in [0.25, 0.3) is 10.1 Å². The fourth-order valence-electron chi connectivity index (χ4n) is 11.7. The highest BCUT2D eigenvalue weighted by Crippen LogP contribution is 2.76. The first-order chi connectivity index (χ1) is 19.4. The Morgan fingerprint density at radius 3 is 2.19 bits per heavy atom. The molecule has 5 aliphatic carbocycles. The van der Waals surface area contributed by atoms with Gasteiger partial charge >= 0.3 is 0 Å². The number of hydrogen-bond acceptors (Lipinski definition) is 3. The van der Waals surface area contributed by atoms with Gasteiger partial charge < -0.3 is 0 Å². The summed E-state index contributed by atoms with van der Waals surface area (Å²) in [5.74, 6) is 2.86. The van der Waals surface area contributed by atoms with Crippen LogP contribution >= 0.6 is 0 Å². The smallest absolute Gasteiger partial charge is 0.266 e. The molecule has 5 aliphatic rings. The van der Waals surface area contributed by atoms with Crippen LogP contribution in [0.1, 0.15) is 125 Å². The first-order valence-corrected chi connectivity index (χ1v) is 18.5. The molecule has 0 aromatic heterocycles. The summed E-state index contributed by atoms with van der Waals surface area (Å²) in [7, 11) is -3.77. The fourth-order valence-corrected chi connectivity index (χ4v) is 12.8. The van der Waals surface area contributed by atoms with Crippen LogP contribution < -0.4 is 0 Å². The summed E-state index contributed by atoms with van der Waals surface area (Å²) < 4.78 is 32.1. The quantitative estimate of drug-likeness (QED) is 0.257. The molecule has 0 spiro atoms. The minimum Gasteiger partial charge on any atom is -0.266 e. The van der Waals surface area contributed by atoms with Crippen molar-refractivity contribution in [3.8, 4) is 0 Å². The van der Waals surface area contributed by atoms with Crippen molar-refractivity contribution in [2.45, 2.75) is 131 Å². The number of aryl methyl sites for hydroxylation is 1. The van der Waals surface area contributed by atoms with Gasteiger partial charge in [0.1, 0.15) is 0 Å². The van der Waals surface area contributed by atoms with Crippen molar-refractivity contribution in [1.82, 2.24) is 0 Å². The van der Waals surface area contributed by atoms with Gasteiger partial charge in [-0.15, -0.1) is 0 Å². The maximum atomic E-state index is 13.1. The normalized spacial score (nSPS) is 46.5. The number of allylic oxidation sites excluding steroid dienone is 2. The maximum Gasteiger partial charge on any atom is 0.296 e. The average Bonchev–Trinajstić information content (AvgIpc) is 2.92. The van der Waals surface area contributed by atoms with Crippen LogP contribution in [0.5, 0.6) is 0 Å². The Morgan fingerprint density at radius 2 is 1.50 bits per heavy atom. The van der Waals surface area contributed by atoms with E-state index >= 15 is 0 Å². The van der Waals surface area contributed by atoms with Crippen molar-refractivity contribution >= 4 is 10.1 Å². The Bertz CT molecular complexity index is 1360. The van der Waals surface area contributed by atoms with Crippen molar-refractivity contribution in [1.29, 1.82) is 0 Å². The molecule has 1 aromatic carbocycles. The molecule has 0 bridgehead atoms. The van der Waals surface area contributed by atoms with Crippen LogP contribution in [0, 0.1) is 63.1 Å². The second-order valence-electron chi connectivity index (χ2n) is 17.8. The summed E-state index contributed by atoms with van der Waals surface area (Å²) in [6.07, 6.45) is 15.2. The summed E-state index contributed by atoms with van der Waals surface area (Å²) in [6.45, 7) is 22.8. The van der Waals surface area contributed by atoms with Crippen molar-refractivity contribution in [2.24, 2.45) is 56.2 Å². The summed E-state index contributed by atoms with van der Waals surface area (Å²) in [5, 5.41) is 0. The third-order valence-electron chi connectivity index (χ3n) is 15.4. The van der Waals surface area contributed by atoms with Crippen molar-refractivity contribution < 1.29 is 12.6 Å². The van der Waals surface area contributed by atoms with E-state index in [1.54, 1.807) is 17.7 Å². The predicted molar refractivity (Wildman–Crippen MR) is 173 cm³/mol. The van der Waals surface area contributed by atoms with Gasteiger partial charge in [0.2, 0.25) is 0 Å². The van der Waals surface area contributed by atoms with Gasteiger partial charge in [0, 0.05) is 0 Å². The maximum absolute atomic E-state index is 13.1. The highest BCUT2D eigenvalue weighted by atomic mass is 32.2. The third-order valence-corrected chi connectivity index (χ3v) is 16.6. The standard InChI is InChI=1S/C38H58O3S/c1-26-10-12-28(13-11-26)42(39,40)41-25-34(5)20-21-35(6)22-23-37(8)29(30(35)24-34)14-15-32-36(7)18-16-27(2)33(3,4)31(36)17-19-38(32,37)9/h10-14,27,30-32H,15-25H2,1-9H3/t27-,30-,31-,32?,34-,35+,36-,37+,38+/m0/s1. The molecule has 0 N–H and O–H groups in total. The van der Waals surface area contributed by atoms with Gasteiger partial charge in [-0.05, 0) is 139 Å². The predicted octanol–water partition coefficient (Wildman–Crippen LogP) is 10.1. The van der Waals surface area contributed by atoms with Gasteiger partial charge in [-0.1, -0.05) is 84.7 Å². The van der Waals surface area contributed by atoms with Gasteiger partial charge in [0.15, 0.2) is 0 Å². The molecule has 234 valence electrons. The zero-order valence-electron chi connectivity index (χ0n) is 28.1. The van der Waals surface area contributed by atoms with Crippen molar-refractivity contribution in [3.05, 3.63) is 41.5 Å². The zero-order chi connectivity index (χ0) is 30.6. The van der Waals surface area contributed by atoms with Crippen LogP contribution in [0.2, 0.25) is 0 Å². The zero-order valence-corrected chi connectivity index (χ0v) is 28.9. The van der Waals surface area contributed by atoms with Crippen LogP contribution in [0.25, 0.3) is 0 Å². The molecule has 4 fully saturated rings. The van der Waals surface area contributed by atoms with E-state index in [4.69, 9.17) is 4.18 Å². The lowest BCUT2D eigenvalue weighted by molar-refractivity contribution is -0.190. The van der Waals surface area contributed by atoms with E-state index in [1.165, 1.54) is 44.9 Å². The molecule has 0 heterocycles. The van der Waals surface area contributed by atoms with Crippen LogP contribution in [-0.2, 0) is 14.3 Å². The van der Waals surface area contributed by atoms with Crippen LogP contribution in [-0.4, -0.2) is 15.0 Å². The third kappa shape index (κ3) is 4.38. The molecule has 9 atom stereocenters. The molecule has 1 aromatic rings. The summed E-state index contributed by atoms with van der Waals surface area (Å²) in [6, 6.07) is 7.04.